The molecule has 2 aromatic rings. The van der Waals surface area contributed by atoms with E-state index in [1.807, 2.05) is 0 Å². The average molecular weight is 290 g/mol. The molecule has 0 radical (unpaired) electrons. The number of piperidine rings is 1. The van der Waals surface area contributed by atoms with Gasteiger partial charge in [-0.05, 0) is 18.6 Å². The van der Waals surface area contributed by atoms with Crippen molar-refractivity contribution in [1.82, 2.24) is 20.8 Å². The van der Waals surface area contributed by atoms with E-state index in [0.29, 0.717) is 24.7 Å². The molecule has 0 saturated carbocycles. The van der Waals surface area contributed by atoms with Crippen molar-refractivity contribution in [1.29, 1.82) is 0 Å². The van der Waals surface area contributed by atoms with Crippen LogP contribution >= 0.6 is 0 Å². The molecule has 1 unspecified atom stereocenters. The van der Waals surface area contributed by atoms with Gasteiger partial charge in [0.15, 0.2) is 11.6 Å². The number of rotatable bonds is 4. The summed E-state index contributed by atoms with van der Waals surface area (Å²) in [5.74, 6) is 0.638. The van der Waals surface area contributed by atoms with Gasteiger partial charge in [0.05, 0.1) is 12.8 Å². The highest BCUT2D eigenvalue weighted by atomic mass is 16.5. The van der Waals surface area contributed by atoms with E-state index in [-0.39, 0.29) is 30.0 Å². The van der Waals surface area contributed by atoms with E-state index in [1.165, 1.54) is 6.26 Å². The summed E-state index contributed by atoms with van der Waals surface area (Å²) in [6.45, 7) is 0.730. The number of furan rings is 1. The van der Waals surface area contributed by atoms with Crippen LogP contribution in [0.25, 0.3) is 0 Å². The minimum absolute atomic E-state index is 0.0104. The molecular weight excluding hydrogens is 276 g/mol. The van der Waals surface area contributed by atoms with Crippen molar-refractivity contribution in [3.8, 4) is 0 Å². The van der Waals surface area contributed by atoms with Gasteiger partial charge in [0.25, 0.3) is 5.91 Å². The molecule has 0 spiro atoms. The molecule has 8 heteroatoms. The molecule has 1 fully saturated rings. The van der Waals surface area contributed by atoms with Crippen molar-refractivity contribution in [2.45, 2.75) is 25.3 Å². The number of carbonyl (C=O) groups is 2. The van der Waals surface area contributed by atoms with E-state index in [9.17, 15) is 9.59 Å². The fourth-order valence-electron chi connectivity index (χ4n) is 2.16. The number of nitrogens with one attached hydrogen (secondary N) is 2. The Morgan fingerprint density at radius 3 is 3.19 bits per heavy atom. The Morgan fingerprint density at radius 1 is 1.52 bits per heavy atom. The number of nitrogens with zero attached hydrogens (tertiary/aromatic N) is 2. The van der Waals surface area contributed by atoms with E-state index < -0.39 is 0 Å². The first-order valence-corrected chi connectivity index (χ1v) is 6.63. The van der Waals surface area contributed by atoms with Gasteiger partial charge in [-0.2, -0.15) is 4.98 Å². The van der Waals surface area contributed by atoms with E-state index in [4.69, 9.17) is 8.94 Å². The fraction of sp³-hybridized carbons (Fsp3) is 0.385. The zero-order chi connectivity index (χ0) is 14.7. The van der Waals surface area contributed by atoms with Gasteiger partial charge in [-0.1, -0.05) is 5.16 Å². The van der Waals surface area contributed by atoms with Crippen LogP contribution in [0.2, 0.25) is 0 Å². The maximum atomic E-state index is 11.7. The van der Waals surface area contributed by atoms with Crippen molar-refractivity contribution in [3.63, 3.8) is 0 Å². The van der Waals surface area contributed by atoms with Crippen molar-refractivity contribution < 1.29 is 18.5 Å². The molecule has 3 rings (SSSR count). The fourth-order valence-corrected chi connectivity index (χ4v) is 2.16. The SMILES string of the molecule is O=C1CC(c2noc(CNC(=O)c3ccco3)n2)CCN1. The lowest BCUT2D eigenvalue weighted by Crippen LogP contribution is -2.32. The van der Waals surface area contributed by atoms with E-state index >= 15 is 0 Å². The van der Waals surface area contributed by atoms with Gasteiger partial charge >= 0.3 is 0 Å². The molecule has 1 aliphatic rings. The Hall–Kier alpha value is -2.64. The van der Waals surface area contributed by atoms with Gasteiger partial charge in [0.1, 0.15) is 0 Å². The van der Waals surface area contributed by atoms with Crippen LogP contribution in [0.3, 0.4) is 0 Å². The number of hydrogen-bond donors (Lipinski definition) is 2. The Balaban J connectivity index is 1.58. The molecule has 0 aromatic carbocycles. The Kier molecular flexibility index (Phi) is 3.67. The van der Waals surface area contributed by atoms with Crippen LogP contribution in [0.1, 0.15) is 41.0 Å². The van der Waals surface area contributed by atoms with Gasteiger partial charge in [-0.25, -0.2) is 0 Å². The molecule has 110 valence electrons. The van der Waals surface area contributed by atoms with Gasteiger partial charge in [0, 0.05) is 18.9 Å². The third kappa shape index (κ3) is 3.10. The first kappa shape index (κ1) is 13.3. The van der Waals surface area contributed by atoms with Crippen molar-refractivity contribution in [3.05, 3.63) is 35.9 Å². The van der Waals surface area contributed by atoms with Crippen LogP contribution in [-0.4, -0.2) is 28.5 Å². The smallest absolute Gasteiger partial charge is 0.287 e. The van der Waals surface area contributed by atoms with Gasteiger partial charge in [-0.3, -0.25) is 9.59 Å². The molecular formula is C13H14N4O4. The first-order valence-electron chi connectivity index (χ1n) is 6.63. The molecule has 8 nitrogen and oxygen atoms in total. The summed E-state index contributed by atoms with van der Waals surface area (Å²) in [7, 11) is 0. The quantitative estimate of drug-likeness (QED) is 0.852. The van der Waals surface area contributed by atoms with E-state index in [1.54, 1.807) is 12.1 Å². The normalized spacial score (nSPS) is 18.3. The number of carbonyl (C=O) groups excluding carboxylic acids is 2. The summed E-state index contributed by atoms with van der Waals surface area (Å²) < 4.78 is 10.1. The molecule has 3 heterocycles. The second-order valence-electron chi connectivity index (χ2n) is 4.75. The first-order chi connectivity index (χ1) is 10.2. The summed E-state index contributed by atoms with van der Waals surface area (Å²) in [6.07, 6.45) is 2.56. The molecule has 1 saturated heterocycles. The summed E-state index contributed by atoms with van der Waals surface area (Å²) in [5, 5.41) is 9.24. The Morgan fingerprint density at radius 2 is 2.43 bits per heavy atom. The largest absolute Gasteiger partial charge is 0.459 e. The van der Waals surface area contributed by atoms with E-state index in [2.05, 4.69) is 20.8 Å². The second kappa shape index (κ2) is 5.78. The van der Waals surface area contributed by atoms with Crippen molar-refractivity contribution in [2.75, 3.05) is 6.54 Å². The van der Waals surface area contributed by atoms with Crippen LogP contribution in [0.4, 0.5) is 0 Å². The van der Waals surface area contributed by atoms with Crippen molar-refractivity contribution in [2.24, 2.45) is 0 Å². The zero-order valence-corrected chi connectivity index (χ0v) is 11.2. The molecule has 2 amide bonds. The number of aromatic nitrogens is 2. The topological polar surface area (TPSA) is 110 Å². The predicted octanol–water partition coefficient (Wildman–Crippen LogP) is 0.586. The van der Waals surface area contributed by atoms with Crippen LogP contribution < -0.4 is 10.6 Å². The van der Waals surface area contributed by atoms with Crippen LogP contribution in [0, 0.1) is 0 Å². The second-order valence-corrected chi connectivity index (χ2v) is 4.75. The molecule has 1 aliphatic heterocycles. The lowest BCUT2D eigenvalue weighted by molar-refractivity contribution is -0.122. The molecule has 0 aliphatic carbocycles. The van der Waals surface area contributed by atoms with Crippen LogP contribution in [0.15, 0.2) is 27.3 Å². The molecule has 2 aromatic heterocycles. The number of amides is 2. The standard InChI is InChI=1S/C13H14N4O4/c18-10-6-8(3-4-14-10)12-16-11(21-17-12)7-15-13(19)9-2-1-5-20-9/h1-2,5,8H,3-4,6-7H2,(H,14,18)(H,15,19). The maximum absolute atomic E-state index is 11.7. The Bertz CT molecular complexity index is 634. The van der Waals surface area contributed by atoms with Gasteiger partial charge in [-0.15, -0.1) is 0 Å². The molecule has 1 atom stereocenters. The summed E-state index contributed by atoms with van der Waals surface area (Å²) in [5.41, 5.74) is 0. The lowest BCUT2D eigenvalue weighted by atomic mass is 9.97. The molecule has 0 bridgehead atoms. The lowest BCUT2D eigenvalue weighted by Gasteiger charge is -2.18. The highest BCUT2D eigenvalue weighted by Gasteiger charge is 2.25. The zero-order valence-electron chi connectivity index (χ0n) is 11.2. The van der Waals surface area contributed by atoms with Gasteiger partial charge < -0.3 is 19.6 Å². The molecule has 2 N–H and O–H groups in total. The Labute approximate surface area is 119 Å². The van der Waals surface area contributed by atoms with Gasteiger partial charge in [0.2, 0.25) is 11.8 Å². The summed E-state index contributed by atoms with van der Waals surface area (Å²) >= 11 is 0. The minimum Gasteiger partial charge on any atom is -0.459 e. The third-order valence-corrected chi connectivity index (χ3v) is 3.24. The van der Waals surface area contributed by atoms with Crippen LogP contribution in [-0.2, 0) is 11.3 Å². The molecule has 21 heavy (non-hydrogen) atoms. The minimum atomic E-state index is -0.350. The summed E-state index contributed by atoms with van der Waals surface area (Å²) in [6, 6.07) is 3.20. The highest BCUT2D eigenvalue weighted by Crippen LogP contribution is 2.22. The third-order valence-electron chi connectivity index (χ3n) is 3.24. The highest BCUT2D eigenvalue weighted by molar-refractivity contribution is 5.91. The van der Waals surface area contributed by atoms with E-state index in [0.717, 1.165) is 6.42 Å². The predicted molar refractivity (Wildman–Crippen MR) is 69.2 cm³/mol. The van der Waals surface area contributed by atoms with Crippen LogP contribution in [0.5, 0.6) is 0 Å². The average Bonchev–Trinajstić information content (AvgIpc) is 3.16. The van der Waals surface area contributed by atoms with Crippen molar-refractivity contribution >= 4 is 11.8 Å². The maximum Gasteiger partial charge on any atom is 0.287 e. The number of hydrogen-bond acceptors (Lipinski definition) is 6. The summed E-state index contributed by atoms with van der Waals surface area (Å²) in [4.78, 5) is 27.2. The monoisotopic (exact) mass is 290 g/mol.